The van der Waals surface area contributed by atoms with Gasteiger partial charge in [0.1, 0.15) is 11.5 Å². The highest BCUT2D eigenvalue weighted by Gasteiger charge is 2.35. The van der Waals surface area contributed by atoms with Crippen LogP contribution < -0.4 is 0 Å². The first-order valence-electron chi connectivity index (χ1n) is 6.84. The standard InChI is InChI=1S/C17H12O6/c1-7(17(22)23)8-5-6-10-13(15(8)20)16(21)12-9(14(10)19)3-2-4-11(12)18/h2-7,18,20H,1H3,(H,22,23). The SMILES string of the molecule is CC(C(=O)O)c1ccc2c(c1O)C(=O)c1c(O)cccc1C2=O. The molecule has 1 aliphatic rings. The summed E-state index contributed by atoms with van der Waals surface area (Å²) in [5, 5.41) is 29.3. The number of hydrogen-bond acceptors (Lipinski definition) is 5. The number of ketones is 2. The molecular formula is C17H12O6. The third-order valence-electron chi connectivity index (χ3n) is 4.03. The molecule has 0 aliphatic heterocycles. The van der Waals surface area contributed by atoms with Crippen LogP contribution >= 0.6 is 0 Å². The Kier molecular flexibility index (Phi) is 3.18. The molecule has 1 unspecified atom stereocenters. The van der Waals surface area contributed by atoms with Crippen LogP contribution in [0.5, 0.6) is 11.5 Å². The van der Waals surface area contributed by atoms with Crippen LogP contribution in [0.4, 0.5) is 0 Å². The molecule has 2 aromatic carbocycles. The average molecular weight is 312 g/mol. The zero-order valence-corrected chi connectivity index (χ0v) is 12.0. The first-order valence-corrected chi connectivity index (χ1v) is 6.84. The second kappa shape index (κ2) is 4.95. The van der Waals surface area contributed by atoms with E-state index in [1.54, 1.807) is 0 Å². The van der Waals surface area contributed by atoms with Crippen LogP contribution in [0.15, 0.2) is 30.3 Å². The normalized spacial score (nSPS) is 14.1. The Morgan fingerprint density at radius 3 is 2.26 bits per heavy atom. The van der Waals surface area contributed by atoms with E-state index >= 15 is 0 Å². The number of hydrogen-bond donors (Lipinski definition) is 3. The van der Waals surface area contributed by atoms with Gasteiger partial charge in [-0.25, -0.2) is 0 Å². The minimum absolute atomic E-state index is 0.00746. The summed E-state index contributed by atoms with van der Waals surface area (Å²) in [5.41, 5.74) is -0.362. The van der Waals surface area contributed by atoms with Crippen molar-refractivity contribution in [3.05, 3.63) is 58.1 Å². The van der Waals surface area contributed by atoms with Gasteiger partial charge in [0.05, 0.1) is 17.0 Å². The first kappa shape index (κ1) is 14.8. The maximum atomic E-state index is 12.6. The molecular weight excluding hydrogens is 300 g/mol. The lowest BCUT2D eigenvalue weighted by molar-refractivity contribution is -0.138. The number of aromatic hydroxyl groups is 2. The smallest absolute Gasteiger partial charge is 0.310 e. The van der Waals surface area contributed by atoms with Crippen molar-refractivity contribution in [1.29, 1.82) is 0 Å². The second-order valence-electron chi connectivity index (χ2n) is 5.34. The van der Waals surface area contributed by atoms with Crippen LogP contribution in [0.3, 0.4) is 0 Å². The maximum Gasteiger partial charge on any atom is 0.310 e. The van der Waals surface area contributed by atoms with E-state index < -0.39 is 29.2 Å². The van der Waals surface area contributed by atoms with Gasteiger partial charge in [-0.1, -0.05) is 18.2 Å². The van der Waals surface area contributed by atoms with E-state index in [2.05, 4.69) is 0 Å². The fourth-order valence-corrected chi connectivity index (χ4v) is 2.75. The van der Waals surface area contributed by atoms with E-state index in [0.29, 0.717) is 0 Å². The molecule has 0 spiro atoms. The number of phenols is 2. The monoisotopic (exact) mass is 312 g/mol. The third kappa shape index (κ3) is 1.99. The van der Waals surface area contributed by atoms with E-state index in [9.17, 15) is 24.6 Å². The molecule has 116 valence electrons. The Bertz CT molecular complexity index is 881. The molecule has 3 rings (SSSR count). The van der Waals surface area contributed by atoms with Gasteiger partial charge in [-0.15, -0.1) is 0 Å². The lowest BCUT2D eigenvalue weighted by Gasteiger charge is -2.21. The van der Waals surface area contributed by atoms with Crippen LogP contribution in [-0.4, -0.2) is 32.9 Å². The number of phenolic OH excluding ortho intramolecular Hbond substituents is 2. The zero-order valence-electron chi connectivity index (χ0n) is 12.0. The van der Waals surface area contributed by atoms with Crippen molar-refractivity contribution in [1.82, 2.24) is 0 Å². The average Bonchev–Trinajstić information content (AvgIpc) is 2.51. The number of aliphatic carboxylic acids is 1. The fourth-order valence-electron chi connectivity index (χ4n) is 2.75. The highest BCUT2D eigenvalue weighted by atomic mass is 16.4. The fraction of sp³-hybridized carbons (Fsp3) is 0.118. The Labute approximate surface area is 130 Å². The Balaban J connectivity index is 2.29. The van der Waals surface area contributed by atoms with Gasteiger partial charge in [0, 0.05) is 16.7 Å². The minimum Gasteiger partial charge on any atom is -0.507 e. The quantitative estimate of drug-likeness (QED) is 0.668. The van der Waals surface area contributed by atoms with Crippen molar-refractivity contribution in [3.8, 4) is 11.5 Å². The molecule has 1 atom stereocenters. The topological polar surface area (TPSA) is 112 Å². The highest BCUT2D eigenvalue weighted by molar-refractivity contribution is 6.30. The van der Waals surface area contributed by atoms with Gasteiger partial charge >= 0.3 is 5.97 Å². The summed E-state index contributed by atoms with van der Waals surface area (Å²) in [6.07, 6.45) is 0. The summed E-state index contributed by atoms with van der Waals surface area (Å²) in [7, 11) is 0. The van der Waals surface area contributed by atoms with Crippen LogP contribution in [0, 0.1) is 0 Å². The number of carbonyl (C=O) groups is 3. The van der Waals surface area contributed by atoms with Gasteiger partial charge in [-0.2, -0.15) is 0 Å². The molecule has 6 heteroatoms. The second-order valence-corrected chi connectivity index (χ2v) is 5.34. The van der Waals surface area contributed by atoms with Gasteiger partial charge in [0.2, 0.25) is 5.78 Å². The molecule has 0 heterocycles. The predicted molar refractivity (Wildman–Crippen MR) is 79.1 cm³/mol. The Hall–Kier alpha value is -3.15. The van der Waals surface area contributed by atoms with Gasteiger partial charge in [-0.3, -0.25) is 14.4 Å². The molecule has 23 heavy (non-hydrogen) atoms. The lowest BCUT2D eigenvalue weighted by atomic mass is 9.81. The lowest BCUT2D eigenvalue weighted by Crippen LogP contribution is -2.22. The molecule has 0 amide bonds. The van der Waals surface area contributed by atoms with E-state index in [-0.39, 0.29) is 33.6 Å². The number of carbonyl (C=O) groups excluding carboxylic acids is 2. The molecule has 0 aromatic heterocycles. The van der Waals surface area contributed by atoms with E-state index in [1.807, 2.05) is 0 Å². The largest absolute Gasteiger partial charge is 0.507 e. The number of rotatable bonds is 2. The molecule has 0 bridgehead atoms. The number of carboxylic acids is 1. The third-order valence-corrected chi connectivity index (χ3v) is 4.03. The van der Waals surface area contributed by atoms with E-state index in [4.69, 9.17) is 5.11 Å². The van der Waals surface area contributed by atoms with Crippen molar-refractivity contribution in [3.63, 3.8) is 0 Å². The molecule has 0 saturated carbocycles. The van der Waals surface area contributed by atoms with Crippen LogP contribution in [-0.2, 0) is 4.79 Å². The van der Waals surface area contributed by atoms with Crippen molar-refractivity contribution in [2.45, 2.75) is 12.8 Å². The number of fused-ring (bicyclic) bond motifs is 2. The Morgan fingerprint density at radius 1 is 0.957 bits per heavy atom. The van der Waals surface area contributed by atoms with Crippen LogP contribution in [0.25, 0.3) is 0 Å². The van der Waals surface area contributed by atoms with Crippen molar-refractivity contribution < 1.29 is 29.7 Å². The van der Waals surface area contributed by atoms with Gasteiger partial charge in [-0.05, 0) is 19.1 Å². The predicted octanol–water partition coefficient (Wildman–Crippen LogP) is 2.06. The summed E-state index contributed by atoms with van der Waals surface area (Å²) in [6.45, 7) is 1.37. The minimum atomic E-state index is -1.17. The van der Waals surface area contributed by atoms with Gasteiger partial charge < -0.3 is 15.3 Å². The molecule has 0 fully saturated rings. The van der Waals surface area contributed by atoms with E-state index in [1.165, 1.54) is 37.3 Å². The van der Waals surface area contributed by atoms with Gasteiger partial charge in [0.15, 0.2) is 5.78 Å². The molecule has 0 radical (unpaired) electrons. The highest BCUT2D eigenvalue weighted by Crippen LogP contribution is 2.39. The molecule has 0 saturated heterocycles. The number of benzene rings is 2. The van der Waals surface area contributed by atoms with Gasteiger partial charge in [0.25, 0.3) is 0 Å². The summed E-state index contributed by atoms with van der Waals surface area (Å²) < 4.78 is 0. The summed E-state index contributed by atoms with van der Waals surface area (Å²) >= 11 is 0. The maximum absolute atomic E-state index is 12.6. The van der Waals surface area contributed by atoms with Crippen LogP contribution in [0.1, 0.15) is 50.2 Å². The van der Waals surface area contributed by atoms with E-state index in [0.717, 1.165) is 0 Å². The summed E-state index contributed by atoms with van der Waals surface area (Å²) in [5.74, 6) is -4.32. The zero-order chi connectivity index (χ0) is 16.9. The number of carboxylic acid groups (broad SMARTS) is 1. The first-order chi connectivity index (χ1) is 10.8. The summed E-state index contributed by atoms with van der Waals surface area (Å²) in [6, 6.07) is 6.80. The van der Waals surface area contributed by atoms with Crippen molar-refractivity contribution in [2.24, 2.45) is 0 Å². The molecule has 3 N–H and O–H groups in total. The molecule has 2 aromatic rings. The van der Waals surface area contributed by atoms with Crippen molar-refractivity contribution >= 4 is 17.5 Å². The summed E-state index contributed by atoms with van der Waals surface area (Å²) in [4.78, 5) is 36.2. The Morgan fingerprint density at radius 2 is 1.61 bits per heavy atom. The molecule has 1 aliphatic carbocycles. The van der Waals surface area contributed by atoms with Crippen molar-refractivity contribution in [2.75, 3.05) is 0 Å². The van der Waals surface area contributed by atoms with Crippen LogP contribution in [0.2, 0.25) is 0 Å². The molecule has 6 nitrogen and oxygen atoms in total.